The van der Waals surface area contributed by atoms with E-state index in [2.05, 4.69) is 15.1 Å². The van der Waals surface area contributed by atoms with Crippen molar-refractivity contribution >= 4 is 5.91 Å². The van der Waals surface area contributed by atoms with Gasteiger partial charge in [0.25, 0.3) is 0 Å². The molecule has 1 N–H and O–H groups in total. The van der Waals surface area contributed by atoms with Crippen LogP contribution >= 0.6 is 0 Å². The van der Waals surface area contributed by atoms with Crippen LogP contribution in [-0.2, 0) is 16.0 Å². The number of benzene rings is 1. The zero-order valence-electron chi connectivity index (χ0n) is 16.4. The molecule has 0 unspecified atom stereocenters. The SMILES string of the molecule is O=C1CO[C@H](COc2ccc(F)cc2)CN1C1CCN(CCc2cn[nH]c2)CC1. The molecule has 2 aliphatic heterocycles. The van der Waals surface area contributed by atoms with Crippen molar-refractivity contribution in [3.8, 4) is 5.75 Å². The Balaban J connectivity index is 1.23. The lowest BCUT2D eigenvalue weighted by atomic mass is 10.0. The third-order valence-electron chi connectivity index (χ3n) is 5.68. The molecular formula is C21H27FN4O3. The molecule has 0 bridgehead atoms. The Bertz CT molecular complexity index is 776. The summed E-state index contributed by atoms with van der Waals surface area (Å²) in [6.45, 7) is 3.97. The van der Waals surface area contributed by atoms with Crippen LogP contribution in [0.15, 0.2) is 36.7 Å². The summed E-state index contributed by atoms with van der Waals surface area (Å²) in [5.41, 5.74) is 1.22. The molecule has 29 heavy (non-hydrogen) atoms. The third-order valence-corrected chi connectivity index (χ3v) is 5.68. The number of aromatic nitrogens is 2. The van der Waals surface area contributed by atoms with Gasteiger partial charge in [-0.2, -0.15) is 5.10 Å². The Hall–Kier alpha value is -2.45. The number of likely N-dealkylation sites (tertiary alicyclic amines) is 1. The van der Waals surface area contributed by atoms with Gasteiger partial charge in [0.1, 0.15) is 30.9 Å². The number of piperidine rings is 1. The normalized spacial score (nSPS) is 21.5. The molecule has 7 nitrogen and oxygen atoms in total. The second-order valence-electron chi connectivity index (χ2n) is 7.67. The van der Waals surface area contributed by atoms with E-state index < -0.39 is 0 Å². The molecule has 4 rings (SSSR count). The monoisotopic (exact) mass is 402 g/mol. The second-order valence-corrected chi connectivity index (χ2v) is 7.67. The maximum atomic E-state index is 13.0. The molecule has 2 fully saturated rings. The van der Waals surface area contributed by atoms with Gasteiger partial charge in [-0.15, -0.1) is 0 Å². The summed E-state index contributed by atoms with van der Waals surface area (Å²) in [7, 11) is 0. The maximum absolute atomic E-state index is 13.0. The molecule has 0 aliphatic carbocycles. The van der Waals surface area contributed by atoms with Crippen LogP contribution in [0.5, 0.6) is 5.75 Å². The van der Waals surface area contributed by atoms with Crippen molar-refractivity contribution in [1.82, 2.24) is 20.0 Å². The van der Waals surface area contributed by atoms with E-state index in [1.165, 1.54) is 17.7 Å². The van der Waals surface area contributed by atoms with Crippen molar-refractivity contribution < 1.29 is 18.7 Å². The van der Waals surface area contributed by atoms with Gasteiger partial charge in [0.15, 0.2) is 0 Å². The molecule has 0 spiro atoms. The minimum absolute atomic E-state index is 0.0554. The molecule has 8 heteroatoms. The summed E-state index contributed by atoms with van der Waals surface area (Å²) in [5.74, 6) is 0.364. The first-order chi connectivity index (χ1) is 14.2. The highest BCUT2D eigenvalue weighted by Gasteiger charge is 2.33. The Morgan fingerprint density at radius 2 is 2.03 bits per heavy atom. The van der Waals surface area contributed by atoms with Crippen molar-refractivity contribution in [2.75, 3.05) is 39.4 Å². The predicted molar refractivity (Wildman–Crippen MR) is 105 cm³/mol. The standard InChI is InChI=1S/C21H27FN4O3/c22-17-1-3-19(4-2-17)28-14-20-13-26(21(27)15-29-20)18-6-9-25(10-7-18)8-5-16-11-23-24-12-16/h1-4,11-12,18,20H,5-10,13-15H2,(H,23,24)/t20-/m0/s1. The van der Waals surface area contributed by atoms with Crippen LogP contribution in [0.3, 0.4) is 0 Å². The van der Waals surface area contributed by atoms with Crippen LogP contribution < -0.4 is 4.74 Å². The fourth-order valence-corrected chi connectivity index (χ4v) is 3.98. The zero-order chi connectivity index (χ0) is 20.1. The lowest BCUT2D eigenvalue weighted by molar-refractivity contribution is -0.155. The molecule has 3 heterocycles. The Morgan fingerprint density at radius 3 is 2.76 bits per heavy atom. The fraction of sp³-hybridized carbons (Fsp3) is 0.524. The van der Waals surface area contributed by atoms with E-state index in [-0.39, 0.29) is 30.5 Å². The van der Waals surface area contributed by atoms with E-state index in [0.717, 1.165) is 38.9 Å². The van der Waals surface area contributed by atoms with E-state index in [0.29, 0.717) is 18.9 Å². The van der Waals surface area contributed by atoms with Crippen LogP contribution in [0.25, 0.3) is 0 Å². The highest BCUT2D eigenvalue weighted by atomic mass is 19.1. The number of carbonyl (C=O) groups is 1. The number of nitrogens with zero attached hydrogens (tertiary/aromatic N) is 3. The molecule has 0 saturated carbocycles. The van der Waals surface area contributed by atoms with Crippen molar-refractivity contribution in [1.29, 1.82) is 0 Å². The van der Waals surface area contributed by atoms with Gasteiger partial charge >= 0.3 is 0 Å². The molecular weight excluding hydrogens is 375 g/mol. The van der Waals surface area contributed by atoms with Crippen LogP contribution in [-0.4, -0.2) is 77.4 Å². The predicted octanol–water partition coefficient (Wildman–Crippen LogP) is 1.86. The van der Waals surface area contributed by atoms with Gasteiger partial charge in [0.05, 0.1) is 12.7 Å². The number of amides is 1. The molecule has 1 atom stereocenters. The zero-order valence-corrected chi connectivity index (χ0v) is 16.4. The highest BCUT2D eigenvalue weighted by Crippen LogP contribution is 2.21. The molecule has 2 saturated heterocycles. The highest BCUT2D eigenvalue weighted by molar-refractivity contribution is 5.78. The first-order valence-electron chi connectivity index (χ1n) is 10.2. The number of aromatic amines is 1. The van der Waals surface area contributed by atoms with Crippen molar-refractivity contribution in [3.05, 3.63) is 48.0 Å². The van der Waals surface area contributed by atoms with Crippen LogP contribution in [0.2, 0.25) is 0 Å². The summed E-state index contributed by atoms with van der Waals surface area (Å²) in [5, 5.41) is 6.83. The average Bonchev–Trinajstić information content (AvgIpc) is 3.27. The number of hydrogen-bond donors (Lipinski definition) is 1. The first-order valence-corrected chi connectivity index (χ1v) is 10.2. The van der Waals surface area contributed by atoms with Crippen molar-refractivity contribution in [2.24, 2.45) is 0 Å². The molecule has 1 aromatic carbocycles. The van der Waals surface area contributed by atoms with Crippen LogP contribution in [0, 0.1) is 5.82 Å². The number of nitrogens with one attached hydrogen (secondary N) is 1. The van der Waals surface area contributed by atoms with Gasteiger partial charge in [0.2, 0.25) is 5.91 Å². The van der Waals surface area contributed by atoms with Gasteiger partial charge in [-0.3, -0.25) is 9.89 Å². The van der Waals surface area contributed by atoms with Gasteiger partial charge in [-0.25, -0.2) is 4.39 Å². The lowest BCUT2D eigenvalue weighted by Crippen LogP contribution is -2.55. The van der Waals surface area contributed by atoms with Gasteiger partial charge in [-0.1, -0.05) is 0 Å². The van der Waals surface area contributed by atoms with Crippen LogP contribution in [0.4, 0.5) is 4.39 Å². The van der Waals surface area contributed by atoms with E-state index >= 15 is 0 Å². The fourth-order valence-electron chi connectivity index (χ4n) is 3.98. The van der Waals surface area contributed by atoms with E-state index in [1.807, 2.05) is 17.3 Å². The smallest absolute Gasteiger partial charge is 0.248 e. The van der Waals surface area contributed by atoms with Crippen molar-refractivity contribution in [3.63, 3.8) is 0 Å². The van der Waals surface area contributed by atoms with E-state index in [1.54, 1.807) is 12.1 Å². The summed E-state index contributed by atoms with van der Waals surface area (Å²) in [6, 6.07) is 6.19. The van der Waals surface area contributed by atoms with E-state index in [9.17, 15) is 9.18 Å². The average molecular weight is 402 g/mol. The number of ether oxygens (including phenoxy) is 2. The quantitative estimate of drug-likeness (QED) is 0.766. The summed E-state index contributed by atoms with van der Waals surface area (Å²) in [6.07, 6.45) is 6.57. The number of hydrogen-bond acceptors (Lipinski definition) is 5. The minimum Gasteiger partial charge on any atom is -0.491 e. The third kappa shape index (κ3) is 5.33. The molecule has 0 radical (unpaired) electrons. The van der Waals surface area contributed by atoms with Gasteiger partial charge in [0, 0.05) is 31.9 Å². The number of morpholine rings is 1. The summed E-state index contributed by atoms with van der Waals surface area (Å²) >= 11 is 0. The van der Waals surface area contributed by atoms with Gasteiger partial charge in [-0.05, 0) is 49.1 Å². The second kappa shape index (κ2) is 9.37. The van der Waals surface area contributed by atoms with Crippen molar-refractivity contribution in [2.45, 2.75) is 31.4 Å². The molecule has 1 amide bonds. The Labute approximate surface area is 169 Å². The molecule has 156 valence electrons. The first kappa shape index (κ1) is 19.8. The maximum Gasteiger partial charge on any atom is 0.248 e. The Kier molecular flexibility index (Phi) is 6.41. The van der Waals surface area contributed by atoms with Crippen LogP contribution in [0.1, 0.15) is 18.4 Å². The van der Waals surface area contributed by atoms with Gasteiger partial charge < -0.3 is 19.3 Å². The Morgan fingerprint density at radius 1 is 1.24 bits per heavy atom. The topological polar surface area (TPSA) is 70.7 Å². The van der Waals surface area contributed by atoms with E-state index in [4.69, 9.17) is 9.47 Å². The number of rotatable bonds is 7. The summed E-state index contributed by atoms with van der Waals surface area (Å²) in [4.78, 5) is 16.8. The molecule has 2 aromatic rings. The summed E-state index contributed by atoms with van der Waals surface area (Å²) < 4.78 is 24.4. The largest absolute Gasteiger partial charge is 0.491 e. The minimum atomic E-state index is -0.292. The molecule has 2 aliphatic rings. The number of halogens is 1. The molecule has 1 aromatic heterocycles. The number of carbonyl (C=O) groups excluding carboxylic acids is 1. The lowest BCUT2D eigenvalue weighted by Gasteiger charge is -2.42. The number of H-pyrrole nitrogens is 1.